The molecule has 4 nitrogen and oxygen atoms in total. The van der Waals surface area contributed by atoms with Crippen molar-refractivity contribution in [3.63, 3.8) is 0 Å². The fourth-order valence-electron chi connectivity index (χ4n) is 5.96. The predicted octanol–water partition coefficient (Wildman–Crippen LogP) is 5.86. The second kappa shape index (κ2) is 10.4. The monoisotopic (exact) mass is 441 g/mol. The molecule has 2 fully saturated rings. The van der Waals surface area contributed by atoms with E-state index in [2.05, 4.69) is 75.2 Å². The molecule has 0 spiro atoms. The van der Waals surface area contributed by atoms with Crippen molar-refractivity contribution in [1.82, 2.24) is 14.5 Å². The van der Waals surface area contributed by atoms with E-state index in [9.17, 15) is 4.79 Å². The number of imidazole rings is 1. The van der Waals surface area contributed by atoms with Crippen molar-refractivity contribution in [2.75, 3.05) is 0 Å². The predicted molar refractivity (Wildman–Crippen MR) is 132 cm³/mol. The molecule has 3 aromatic rings. The molecule has 0 N–H and O–H groups in total. The standard InChI is InChI=1S/C29H35N3O/c33-29-15-14-27(32(29)21-24-10-5-2-6-11-24)17-25-12-7-13-26(16-25)18-28-19-30-22-31(28)20-23-8-3-1-4-9-23/h1-6,8-11,19,22,25-27H,7,12-18,20-21H2/t25-,26+,27-/m0/s1. The Bertz CT molecular complexity index is 1030. The molecule has 2 aliphatic rings. The van der Waals surface area contributed by atoms with Crippen molar-refractivity contribution >= 4 is 5.91 Å². The first-order chi connectivity index (χ1) is 16.2. The highest BCUT2D eigenvalue weighted by Gasteiger charge is 2.34. The Morgan fingerprint density at radius 2 is 1.55 bits per heavy atom. The lowest BCUT2D eigenvalue weighted by molar-refractivity contribution is -0.129. The van der Waals surface area contributed by atoms with Crippen LogP contribution in [0.3, 0.4) is 0 Å². The molecule has 3 atom stereocenters. The molecule has 1 aliphatic carbocycles. The van der Waals surface area contributed by atoms with Crippen LogP contribution in [0.4, 0.5) is 0 Å². The van der Waals surface area contributed by atoms with Gasteiger partial charge in [0.15, 0.2) is 0 Å². The fraction of sp³-hybridized carbons (Fsp3) is 0.448. The molecule has 5 rings (SSSR count). The second-order valence-corrected chi connectivity index (χ2v) is 10.0. The number of nitrogens with zero attached hydrogens (tertiary/aromatic N) is 3. The zero-order chi connectivity index (χ0) is 22.5. The minimum Gasteiger partial charge on any atom is -0.335 e. The minimum absolute atomic E-state index is 0.334. The maximum absolute atomic E-state index is 12.6. The second-order valence-electron chi connectivity index (χ2n) is 10.0. The third-order valence-corrected chi connectivity index (χ3v) is 7.64. The van der Waals surface area contributed by atoms with Gasteiger partial charge >= 0.3 is 0 Å². The van der Waals surface area contributed by atoms with Crippen molar-refractivity contribution in [1.29, 1.82) is 0 Å². The number of amides is 1. The van der Waals surface area contributed by atoms with Crippen LogP contribution in [0.1, 0.15) is 61.8 Å². The largest absolute Gasteiger partial charge is 0.335 e. The number of aromatic nitrogens is 2. The van der Waals surface area contributed by atoms with Gasteiger partial charge in [-0.1, -0.05) is 79.9 Å². The third kappa shape index (κ3) is 5.55. The first-order valence-electron chi connectivity index (χ1n) is 12.6. The van der Waals surface area contributed by atoms with E-state index >= 15 is 0 Å². The minimum atomic E-state index is 0.334. The van der Waals surface area contributed by atoms with Gasteiger partial charge in [-0.15, -0.1) is 0 Å². The van der Waals surface area contributed by atoms with Crippen LogP contribution in [0.15, 0.2) is 73.2 Å². The number of rotatable bonds is 8. The summed E-state index contributed by atoms with van der Waals surface area (Å²) in [4.78, 5) is 19.2. The molecule has 1 saturated carbocycles. The molecule has 4 heteroatoms. The maximum atomic E-state index is 12.6. The highest BCUT2D eigenvalue weighted by atomic mass is 16.2. The van der Waals surface area contributed by atoms with Gasteiger partial charge in [-0.25, -0.2) is 4.98 Å². The van der Waals surface area contributed by atoms with Gasteiger partial charge in [0.2, 0.25) is 5.91 Å². The van der Waals surface area contributed by atoms with Gasteiger partial charge in [0.25, 0.3) is 0 Å². The average Bonchev–Trinajstić information content (AvgIpc) is 3.42. The van der Waals surface area contributed by atoms with E-state index in [1.54, 1.807) is 0 Å². The Morgan fingerprint density at radius 3 is 2.30 bits per heavy atom. The van der Waals surface area contributed by atoms with Crippen molar-refractivity contribution in [2.45, 2.75) is 70.5 Å². The van der Waals surface area contributed by atoms with Crippen LogP contribution >= 0.6 is 0 Å². The van der Waals surface area contributed by atoms with E-state index < -0.39 is 0 Å². The number of hydrogen-bond acceptors (Lipinski definition) is 2. The first-order valence-corrected chi connectivity index (χ1v) is 12.6. The Hall–Kier alpha value is -2.88. The molecular weight excluding hydrogens is 406 g/mol. The van der Waals surface area contributed by atoms with Crippen LogP contribution in [-0.4, -0.2) is 26.4 Å². The highest BCUT2D eigenvalue weighted by molar-refractivity contribution is 5.78. The lowest BCUT2D eigenvalue weighted by Crippen LogP contribution is -2.34. The van der Waals surface area contributed by atoms with Gasteiger partial charge in [0.05, 0.1) is 6.33 Å². The molecule has 2 aromatic carbocycles. The molecule has 0 radical (unpaired) electrons. The van der Waals surface area contributed by atoms with Crippen LogP contribution in [-0.2, 0) is 24.3 Å². The zero-order valence-corrected chi connectivity index (χ0v) is 19.5. The molecular formula is C29H35N3O. The van der Waals surface area contributed by atoms with Crippen LogP contribution in [0.25, 0.3) is 0 Å². The van der Waals surface area contributed by atoms with E-state index in [0.29, 0.717) is 18.4 Å². The summed E-state index contributed by atoms with van der Waals surface area (Å²) in [7, 11) is 0. The topological polar surface area (TPSA) is 38.1 Å². The Balaban J connectivity index is 1.18. The van der Waals surface area contributed by atoms with Gasteiger partial charge in [-0.2, -0.15) is 0 Å². The average molecular weight is 442 g/mol. The number of carbonyl (C=O) groups excluding carboxylic acids is 1. The summed E-state index contributed by atoms with van der Waals surface area (Å²) in [6.45, 7) is 1.66. The van der Waals surface area contributed by atoms with Crippen LogP contribution in [0, 0.1) is 11.8 Å². The molecule has 0 unspecified atom stereocenters. The number of likely N-dealkylation sites (tertiary alicyclic amines) is 1. The van der Waals surface area contributed by atoms with Crippen LogP contribution in [0.2, 0.25) is 0 Å². The molecule has 0 bridgehead atoms. The van der Waals surface area contributed by atoms with Crippen molar-refractivity contribution < 1.29 is 4.79 Å². The van der Waals surface area contributed by atoms with E-state index in [0.717, 1.165) is 37.8 Å². The number of benzene rings is 2. The van der Waals surface area contributed by atoms with Crippen LogP contribution < -0.4 is 0 Å². The van der Waals surface area contributed by atoms with Gasteiger partial charge in [-0.3, -0.25) is 4.79 Å². The van der Waals surface area contributed by atoms with E-state index in [1.165, 1.54) is 48.9 Å². The lowest BCUT2D eigenvalue weighted by Gasteiger charge is -2.33. The fourth-order valence-corrected chi connectivity index (χ4v) is 5.96. The van der Waals surface area contributed by atoms with Gasteiger partial charge in [0, 0.05) is 37.4 Å². The van der Waals surface area contributed by atoms with Crippen molar-refractivity contribution in [3.8, 4) is 0 Å². The zero-order valence-electron chi connectivity index (χ0n) is 19.5. The first kappa shape index (κ1) is 21.9. The number of carbonyl (C=O) groups is 1. The summed E-state index contributed by atoms with van der Waals surface area (Å²) in [6, 6.07) is 21.5. The molecule has 1 saturated heterocycles. The Morgan fingerprint density at radius 1 is 0.848 bits per heavy atom. The summed E-state index contributed by atoms with van der Waals surface area (Å²) >= 11 is 0. The van der Waals surface area contributed by atoms with Crippen molar-refractivity contribution in [2.24, 2.45) is 11.8 Å². The van der Waals surface area contributed by atoms with Gasteiger partial charge in [-0.05, 0) is 48.6 Å². The normalized spacial score (nSPS) is 23.2. The number of hydrogen-bond donors (Lipinski definition) is 0. The van der Waals surface area contributed by atoms with E-state index in [4.69, 9.17) is 0 Å². The summed E-state index contributed by atoms with van der Waals surface area (Å²) in [5, 5.41) is 0. The lowest BCUT2D eigenvalue weighted by atomic mass is 9.76. The highest BCUT2D eigenvalue weighted by Crippen LogP contribution is 2.37. The van der Waals surface area contributed by atoms with Gasteiger partial charge in [0.1, 0.15) is 0 Å². The molecule has 172 valence electrons. The van der Waals surface area contributed by atoms with E-state index in [1.807, 2.05) is 12.4 Å². The van der Waals surface area contributed by atoms with E-state index in [-0.39, 0.29) is 0 Å². The molecule has 33 heavy (non-hydrogen) atoms. The SMILES string of the molecule is O=C1CC[C@@H](C[C@H]2CCC[C@@H](Cc3cncn3Cc3ccccc3)C2)N1Cc1ccccc1. The van der Waals surface area contributed by atoms with Gasteiger partial charge < -0.3 is 9.47 Å². The summed E-state index contributed by atoms with van der Waals surface area (Å²) in [5.41, 5.74) is 3.92. The summed E-state index contributed by atoms with van der Waals surface area (Å²) in [6.07, 6.45) is 13.3. The maximum Gasteiger partial charge on any atom is 0.223 e. The molecule has 1 aliphatic heterocycles. The van der Waals surface area contributed by atoms with Crippen molar-refractivity contribution in [3.05, 3.63) is 90.0 Å². The third-order valence-electron chi connectivity index (χ3n) is 7.64. The molecule has 1 amide bonds. The Kier molecular flexibility index (Phi) is 6.89. The Labute approximate surface area is 197 Å². The molecule has 1 aromatic heterocycles. The quantitative estimate of drug-likeness (QED) is 0.439. The molecule has 2 heterocycles. The smallest absolute Gasteiger partial charge is 0.223 e. The van der Waals surface area contributed by atoms with Crippen LogP contribution in [0.5, 0.6) is 0 Å². The summed E-state index contributed by atoms with van der Waals surface area (Å²) in [5.74, 6) is 1.78. The summed E-state index contributed by atoms with van der Waals surface area (Å²) < 4.78 is 2.32.